The maximum Gasteiger partial charge on any atom is 0.0411 e. The Morgan fingerprint density at radius 2 is 1.93 bits per heavy atom. The number of benzene rings is 1. The molecular weight excluding hydrogens is 170 g/mol. The molecule has 0 fully saturated rings. The number of para-hydroxylation sites is 1. The number of rotatable bonds is 3. The number of hydrogen-bond donors (Lipinski definition) is 1. The summed E-state index contributed by atoms with van der Waals surface area (Å²) >= 11 is 0. The van der Waals surface area contributed by atoms with Gasteiger partial charge in [-0.15, -0.1) is 0 Å². The molecule has 1 heteroatoms. The molecule has 0 atom stereocenters. The predicted molar refractivity (Wildman–Crippen MR) is 63.4 cm³/mol. The number of aryl methyl sites for hydroxylation is 1. The van der Waals surface area contributed by atoms with Gasteiger partial charge in [-0.25, -0.2) is 0 Å². The molecule has 0 saturated heterocycles. The maximum atomic E-state index is 3.46. The lowest BCUT2D eigenvalue weighted by molar-refractivity contribution is 0.772. The first-order chi connectivity index (χ1) is 6.65. The molecule has 0 bridgehead atoms. The Balaban J connectivity index is 2.83. The summed E-state index contributed by atoms with van der Waals surface area (Å²) in [5, 5.41) is 3.46. The van der Waals surface area contributed by atoms with Crippen LogP contribution >= 0.6 is 0 Å². The van der Waals surface area contributed by atoms with Crippen LogP contribution in [0.2, 0.25) is 0 Å². The van der Waals surface area contributed by atoms with Gasteiger partial charge in [0.25, 0.3) is 0 Å². The van der Waals surface area contributed by atoms with Crippen LogP contribution in [0.1, 0.15) is 26.3 Å². The Kier molecular flexibility index (Phi) is 3.75. The summed E-state index contributed by atoms with van der Waals surface area (Å²) in [5.74, 6) is 0.541. The molecule has 0 heterocycles. The van der Waals surface area contributed by atoms with Crippen molar-refractivity contribution in [2.24, 2.45) is 5.92 Å². The first-order valence-electron chi connectivity index (χ1n) is 5.14. The van der Waals surface area contributed by atoms with Crippen molar-refractivity contribution in [3.05, 3.63) is 41.6 Å². The standard InChI is InChI=1S/C13H19N/c1-5-12(10(2)3)14-13-9-7-6-8-11(13)4/h5-10,14H,1-4H3/b12-5-. The van der Waals surface area contributed by atoms with Gasteiger partial charge in [-0.1, -0.05) is 38.1 Å². The molecule has 1 nitrogen and oxygen atoms in total. The Morgan fingerprint density at radius 3 is 2.43 bits per heavy atom. The minimum atomic E-state index is 0.541. The molecule has 14 heavy (non-hydrogen) atoms. The molecule has 0 aliphatic heterocycles. The molecular formula is C13H19N. The molecule has 0 amide bonds. The van der Waals surface area contributed by atoms with Crippen molar-refractivity contribution in [2.75, 3.05) is 5.32 Å². The van der Waals surface area contributed by atoms with Gasteiger partial charge < -0.3 is 5.32 Å². The van der Waals surface area contributed by atoms with Crippen molar-refractivity contribution in [3.8, 4) is 0 Å². The third-order valence-corrected chi connectivity index (χ3v) is 2.36. The van der Waals surface area contributed by atoms with Gasteiger partial charge in [-0.3, -0.25) is 0 Å². The zero-order valence-corrected chi connectivity index (χ0v) is 9.46. The number of hydrogen-bond acceptors (Lipinski definition) is 1. The maximum absolute atomic E-state index is 3.46. The Hall–Kier alpha value is -1.24. The van der Waals surface area contributed by atoms with Gasteiger partial charge in [0.05, 0.1) is 0 Å². The summed E-state index contributed by atoms with van der Waals surface area (Å²) in [6.07, 6.45) is 2.14. The van der Waals surface area contributed by atoms with Crippen molar-refractivity contribution in [2.45, 2.75) is 27.7 Å². The van der Waals surface area contributed by atoms with E-state index in [2.05, 4.69) is 63.4 Å². The van der Waals surface area contributed by atoms with E-state index < -0.39 is 0 Å². The molecule has 0 aliphatic rings. The van der Waals surface area contributed by atoms with Gasteiger partial charge >= 0.3 is 0 Å². The van der Waals surface area contributed by atoms with Gasteiger partial charge in [-0.2, -0.15) is 0 Å². The highest BCUT2D eigenvalue weighted by Gasteiger charge is 2.03. The monoisotopic (exact) mass is 189 g/mol. The highest BCUT2D eigenvalue weighted by molar-refractivity contribution is 5.54. The lowest BCUT2D eigenvalue weighted by Crippen LogP contribution is -2.06. The van der Waals surface area contributed by atoms with Crippen molar-refractivity contribution >= 4 is 5.69 Å². The lowest BCUT2D eigenvalue weighted by atomic mass is 10.1. The number of allylic oxidation sites excluding steroid dienone is 2. The average Bonchev–Trinajstić information content (AvgIpc) is 2.16. The molecule has 1 aromatic carbocycles. The van der Waals surface area contributed by atoms with E-state index in [1.165, 1.54) is 16.9 Å². The fourth-order valence-electron chi connectivity index (χ4n) is 1.42. The normalized spacial score (nSPS) is 11.9. The van der Waals surface area contributed by atoms with E-state index in [1.807, 2.05) is 0 Å². The summed E-state index contributed by atoms with van der Waals surface area (Å²) in [5.41, 5.74) is 3.76. The topological polar surface area (TPSA) is 12.0 Å². The largest absolute Gasteiger partial charge is 0.359 e. The van der Waals surface area contributed by atoms with Gasteiger partial charge in [0, 0.05) is 11.4 Å². The summed E-state index contributed by atoms with van der Waals surface area (Å²) in [6.45, 7) is 8.58. The van der Waals surface area contributed by atoms with E-state index in [4.69, 9.17) is 0 Å². The van der Waals surface area contributed by atoms with Crippen LogP contribution in [0.25, 0.3) is 0 Å². The number of anilines is 1. The predicted octanol–water partition coefficient (Wildman–Crippen LogP) is 3.97. The van der Waals surface area contributed by atoms with Crippen LogP contribution in [0.15, 0.2) is 36.0 Å². The molecule has 0 aliphatic carbocycles. The molecule has 1 aromatic rings. The summed E-state index contributed by atoms with van der Waals surface area (Å²) < 4.78 is 0. The molecule has 0 saturated carbocycles. The van der Waals surface area contributed by atoms with Gasteiger partial charge in [0.15, 0.2) is 0 Å². The third kappa shape index (κ3) is 2.63. The van der Waals surface area contributed by atoms with Gasteiger partial charge in [0.2, 0.25) is 0 Å². The second-order valence-corrected chi connectivity index (χ2v) is 3.84. The van der Waals surface area contributed by atoms with E-state index >= 15 is 0 Å². The SMILES string of the molecule is C/C=C(\Nc1ccccc1C)C(C)C. The first kappa shape index (κ1) is 10.8. The summed E-state index contributed by atoms with van der Waals surface area (Å²) in [7, 11) is 0. The quantitative estimate of drug-likeness (QED) is 0.758. The van der Waals surface area contributed by atoms with Crippen molar-refractivity contribution in [3.63, 3.8) is 0 Å². The molecule has 1 N–H and O–H groups in total. The average molecular weight is 189 g/mol. The molecule has 0 spiro atoms. The molecule has 0 radical (unpaired) electrons. The Morgan fingerprint density at radius 1 is 1.29 bits per heavy atom. The van der Waals surface area contributed by atoms with Crippen LogP contribution in [-0.4, -0.2) is 0 Å². The van der Waals surface area contributed by atoms with E-state index in [1.54, 1.807) is 0 Å². The second kappa shape index (κ2) is 4.85. The smallest absolute Gasteiger partial charge is 0.0411 e. The Labute approximate surface area is 86.8 Å². The van der Waals surface area contributed by atoms with Gasteiger partial charge in [0.1, 0.15) is 0 Å². The van der Waals surface area contributed by atoms with Crippen molar-refractivity contribution < 1.29 is 0 Å². The highest BCUT2D eigenvalue weighted by Crippen LogP contribution is 2.18. The Bertz CT molecular complexity index is 324. The van der Waals surface area contributed by atoms with E-state index in [9.17, 15) is 0 Å². The fraction of sp³-hybridized carbons (Fsp3) is 0.385. The molecule has 0 unspecified atom stereocenters. The zero-order chi connectivity index (χ0) is 10.6. The summed E-state index contributed by atoms with van der Waals surface area (Å²) in [4.78, 5) is 0. The minimum absolute atomic E-state index is 0.541. The van der Waals surface area contributed by atoms with Crippen LogP contribution < -0.4 is 5.32 Å². The van der Waals surface area contributed by atoms with Crippen LogP contribution in [0, 0.1) is 12.8 Å². The zero-order valence-electron chi connectivity index (χ0n) is 9.46. The molecule has 0 aromatic heterocycles. The first-order valence-corrected chi connectivity index (χ1v) is 5.14. The van der Waals surface area contributed by atoms with Crippen LogP contribution in [-0.2, 0) is 0 Å². The van der Waals surface area contributed by atoms with E-state index in [0.717, 1.165) is 0 Å². The highest BCUT2D eigenvalue weighted by atomic mass is 14.9. The van der Waals surface area contributed by atoms with Gasteiger partial charge in [-0.05, 0) is 31.4 Å². The van der Waals surface area contributed by atoms with Crippen molar-refractivity contribution in [1.82, 2.24) is 0 Å². The minimum Gasteiger partial charge on any atom is -0.359 e. The van der Waals surface area contributed by atoms with E-state index in [-0.39, 0.29) is 0 Å². The van der Waals surface area contributed by atoms with Crippen LogP contribution in [0.4, 0.5) is 5.69 Å². The molecule has 76 valence electrons. The number of nitrogens with one attached hydrogen (secondary N) is 1. The molecule has 1 rings (SSSR count). The fourth-order valence-corrected chi connectivity index (χ4v) is 1.42. The van der Waals surface area contributed by atoms with Crippen molar-refractivity contribution in [1.29, 1.82) is 0 Å². The lowest BCUT2D eigenvalue weighted by Gasteiger charge is -2.15. The second-order valence-electron chi connectivity index (χ2n) is 3.84. The van der Waals surface area contributed by atoms with Crippen LogP contribution in [0.5, 0.6) is 0 Å². The summed E-state index contributed by atoms with van der Waals surface area (Å²) in [6, 6.07) is 8.35. The third-order valence-electron chi connectivity index (χ3n) is 2.36. The van der Waals surface area contributed by atoms with Crippen LogP contribution in [0.3, 0.4) is 0 Å². The van der Waals surface area contributed by atoms with E-state index in [0.29, 0.717) is 5.92 Å².